The minimum Gasteiger partial charge on any atom is -0.454 e. The molecule has 1 saturated heterocycles. The summed E-state index contributed by atoms with van der Waals surface area (Å²) in [6.07, 6.45) is 0.858. The fraction of sp³-hybridized carbons (Fsp3) is 0.333. The van der Waals surface area contributed by atoms with Gasteiger partial charge in [0.25, 0.3) is 5.91 Å². The van der Waals surface area contributed by atoms with Crippen molar-refractivity contribution < 1.29 is 23.5 Å². The SMILES string of the molecule is O=C(COC(=O)[C@@H]1CCCO1)Nc1nnc(-c2ccccc2)o1. The first kappa shape index (κ1) is 15.2. The fourth-order valence-electron chi connectivity index (χ4n) is 2.12. The van der Waals surface area contributed by atoms with Gasteiger partial charge in [-0.25, -0.2) is 4.79 Å². The molecule has 1 fully saturated rings. The van der Waals surface area contributed by atoms with E-state index in [1.165, 1.54) is 0 Å². The smallest absolute Gasteiger partial charge is 0.335 e. The standard InChI is InChI=1S/C15H15N3O5/c19-12(9-22-14(20)11-7-4-8-21-11)16-15-18-17-13(23-15)10-5-2-1-3-6-10/h1-3,5-6,11H,4,7-9H2,(H,16,18,19)/t11-/m0/s1. The maximum atomic E-state index is 11.7. The summed E-state index contributed by atoms with van der Waals surface area (Å²) in [6.45, 7) is 0.109. The molecule has 0 radical (unpaired) electrons. The van der Waals surface area contributed by atoms with Crippen molar-refractivity contribution in [2.75, 3.05) is 18.5 Å². The molecule has 1 aliphatic rings. The minimum atomic E-state index is -0.573. The molecule has 0 saturated carbocycles. The Hall–Kier alpha value is -2.74. The van der Waals surface area contributed by atoms with Crippen LogP contribution in [0.1, 0.15) is 12.8 Å². The third-order valence-corrected chi connectivity index (χ3v) is 3.23. The summed E-state index contributed by atoms with van der Waals surface area (Å²) in [7, 11) is 0. The summed E-state index contributed by atoms with van der Waals surface area (Å²) in [6, 6.07) is 9.10. The highest BCUT2D eigenvalue weighted by molar-refractivity contribution is 5.91. The molecule has 8 nitrogen and oxygen atoms in total. The number of esters is 1. The van der Waals surface area contributed by atoms with Gasteiger partial charge in [0.15, 0.2) is 12.7 Å². The average molecular weight is 317 g/mol. The number of nitrogens with one attached hydrogen (secondary N) is 1. The van der Waals surface area contributed by atoms with Gasteiger partial charge in [0, 0.05) is 12.2 Å². The van der Waals surface area contributed by atoms with Crippen LogP contribution in [0.3, 0.4) is 0 Å². The number of ether oxygens (including phenoxy) is 2. The Labute approximate surface area is 131 Å². The normalized spacial score (nSPS) is 17.0. The molecule has 1 amide bonds. The Kier molecular flexibility index (Phi) is 4.62. The first-order valence-corrected chi connectivity index (χ1v) is 7.19. The van der Waals surface area contributed by atoms with Crippen molar-refractivity contribution in [2.45, 2.75) is 18.9 Å². The molecule has 1 atom stereocenters. The molecule has 120 valence electrons. The van der Waals surface area contributed by atoms with Gasteiger partial charge in [-0.2, -0.15) is 0 Å². The first-order valence-electron chi connectivity index (χ1n) is 7.19. The lowest BCUT2D eigenvalue weighted by molar-refractivity contribution is -0.156. The largest absolute Gasteiger partial charge is 0.454 e. The van der Waals surface area contributed by atoms with Crippen molar-refractivity contribution in [1.29, 1.82) is 0 Å². The van der Waals surface area contributed by atoms with Crippen LogP contribution in [0.15, 0.2) is 34.7 Å². The number of rotatable bonds is 5. The monoisotopic (exact) mass is 317 g/mol. The van der Waals surface area contributed by atoms with Gasteiger partial charge in [-0.3, -0.25) is 10.1 Å². The second kappa shape index (κ2) is 7.01. The third-order valence-electron chi connectivity index (χ3n) is 3.23. The summed E-state index contributed by atoms with van der Waals surface area (Å²) in [5.74, 6) is -0.801. The molecule has 8 heteroatoms. The van der Waals surface area contributed by atoms with Gasteiger partial charge in [0.2, 0.25) is 5.89 Å². The number of hydrogen-bond donors (Lipinski definition) is 1. The van der Waals surface area contributed by atoms with E-state index in [1.807, 2.05) is 30.3 Å². The van der Waals surface area contributed by atoms with Gasteiger partial charge in [-0.1, -0.05) is 23.3 Å². The van der Waals surface area contributed by atoms with Gasteiger partial charge in [0.1, 0.15) is 0 Å². The topological polar surface area (TPSA) is 104 Å². The highest BCUT2D eigenvalue weighted by Crippen LogP contribution is 2.19. The molecule has 1 aromatic carbocycles. The van der Waals surface area contributed by atoms with Crippen LogP contribution in [-0.4, -0.2) is 41.4 Å². The van der Waals surface area contributed by atoms with Crippen LogP contribution in [0.25, 0.3) is 11.5 Å². The second-order valence-electron chi connectivity index (χ2n) is 4.94. The van der Waals surface area contributed by atoms with E-state index in [-0.39, 0.29) is 11.9 Å². The zero-order chi connectivity index (χ0) is 16.1. The van der Waals surface area contributed by atoms with Gasteiger partial charge in [0.05, 0.1) is 0 Å². The van der Waals surface area contributed by atoms with Gasteiger partial charge >= 0.3 is 12.0 Å². The summed E-state index contributed by atoms with van der Waals surface area (Å²) < 4.78 is 15.4. The Balaban J connectivity index is 1.50. The van der Waals surface area contributed by atoms with E-state index in [1.54, 1.807) is 0 Å². The van der Waals surface area contributed by atoms with Crippen molar-refractivity contribution >= 4 is 17.9 Å². The number of hydrogen-bond acceptors (Lipinski definition) is 7. The highest BCUT2D eigenvalue weighted by atomic mass is 16.6. The Bertz CT molecular complexity index is 679. The van der Waals surface area contributed by atoms with Crippen LogP contribution in [0, 0.1) is 0 Å². The van der Waals surface area contributed by atoms with Crippen LogP contribution in [0.2, 0.25) is 0 Å². The molecule has 1 aliphatic heterocycles. The Morgan fingerprint density at radius 3 is 2.83 bits per heavy atom. The van der Waals surface area contributed by atoms with Crippen LogP contribution >= 0.6 is 0 Å². The van der Waals surface area contributed by atoms with Crippen LogP contribution < -0.4 is 5.32 Å². The second-order valence-corrected chi connectivity index (χ2v) is 4.94. The summed E-state index contributed by atoms with van der Waals surface area (Å²) in [5, 5.41) is 9.94. The third kappa shape index (κ3) is 3.92. The maximum Gasteiger partial charge on any atom is 0.335 e. The van der Waals surface area contributed by atoms with Crippen molar-refractivity contribution in [3.8, 4) is 11.5 Å². The summed E-state index contributed by atoms with van der Waals surface area (Å²) >= 11 is 0. The molecule has 2 heterocycles. The molecule has 0 bridgehead atoms. The zero-order valence-electron chi connectivity index (χ0n) is 12.2. The number of carbonyl (C=O) groups excluding carboxylic acids is 2. The number of amides is 1. The number of nitrogens with zero attached hydrogens (tertiary/aromatic N) is 2. The maximum absolute atomic E-state index is 11.7. The van der Waals surface area contributed by atoms with E-state index in [2.05, 4.69) is 15.5 Å². The van der Waals surface area contributed by atoms with E-state index < -0.39 is 24.6 Å². The van der Waals surface area contributed by atoms with E-state index in [9.17, 15) is 9.59 Å². The molecule has 2 aromatic rings. The number of aromatic nitrogens is 2. The number of benzene rings is 1. The zero-order valence-corrected chi connectivity index (χ0v) is 12.2. The molecule has 1 aromatic heterocycles. The van der Waals surface area contributed by atoms with Crippen LogP contribution in [0.5, 0.6) is 0 Å². The lowest BCUT2D eigenvalue weighted by atomic mass is 10.2. The summed E-state index contributed by atoms with van der Waals surface area (Å²) in [5.41, 5.74) is 0.741. The van der Waals surface area contributed by atoms with Crippen molar-refractivity contribution in [3.05, 3.63) is 30.3 Å². The molecular weight excluding hydrogens is 302 g/mol. The first-order chi connectivity index (χ1) is 11.2. The average Bonchev–Trinajstić information content (AvgIpc) is 3.25. The number of anilines is 1. The van der Waals surface area contributed by atoms with E-state index in [0.29, 0.717) is 13.0 Å². The van der Waals surface area contributed by atoms with Crippen LogP contribution in [-0.2, 0) is 19.1 Å². The fourth-order valence-corrected chi connectivity index (χ4v) is 2.12. The van der Waals surface area contributed by atoms with E-state index >= 15 is 0 Å². The van der Waals surface area contributed by atoms with Crippen molar-refractivity contribution in [1.82, 2.24) is 10.2 Å². The summed E-state index contributed by atoms with van der Waals surface area (Å²) in [4.78, 5) is 23.3. The molecule has 3 rings (SSSR count). The molecular formula is C15H15N3O5. The van der Waals surface area contributed by atoms with Crippen molar-refractivity contribution in [3.63, 3.8) is 0 Å². The van der Waals surface area contributed by atoms with Gasteiger partial charge < -0.3 is 13.9 Å². The molecule has 23 heavy (non-hydrogen) atoms. The highest BCUT2D eigenvalue weighted by Gasteiger charge is 2.25. The molecule has 0 spiro atoms. The number of carbonyl (C=O) groups is 2. The Morgan fingerprint density at radius 2 is 2.09 bits per heavy atom. The van der Waals surface area contributed by atoms with E-state index in [4.69, 9.17) is 13.9 Å². The van der Waals surface area contributed by atoms with Crippen molar-refractivity contribution in [2.24, 2.45) is 0 Å². The Morgan fingerprint density at radius 1 is 1.26 bits per heavy atom. The molecule has 0 unspecified atom stereocenters. The predicted molar refractivity (Wildman–Crippen MR) is 78.3 cm³/mol. The lowest BCUT2D eigenvalue weighted by Crippen LogP contribution is -2.27. The van der Waals surface area contributed by atoms with Crippen LogP contribution in [0.4, 0.5) is 6.01 Å². The van der Waals surface area contributed by atoms with Gasteiger partial charge in [-0.05, 0) is 25.0 Å². The molecule has 1 N–H and O–H groups in total. The molecule has 0 aliphatic carbocycles. The lowest BCUT2D eigenvalue weighted by Gasteiger charge is -2.08. The quantitative estimate of drug-likeness (QED) is 0.831. The van der Waals surface area contributed by atoms with E-state index in [0.717, 1.165) is 12.0 Å². The predicted octanol–water partition coefficient (Wildman–Crippen LogP) is 1.40. The minimum absolute atomic E-state index is 0.0537. The van der Waals surface area contributed by atoms with Gasteiger partial charge in [-0.15, -0.1) is 5.10 Å².